The zero-order valence-electron chi connectivity index (χ0n) is 13.8. The first kappa shape index (κ1) is 16.0. The summed E-state index contributed by atoms with van der Waals surface area (Å²) in [6, 6.07) is 14.5. The van der Waals surface area contributed by atoms with Crippen LogP contribution in [0.5, 0.6) is 0 Å². The standard InChI is InChI=1S/C19H20N4OS/c24-18(21-16-8-9-16)14-25-13-15-12-20-23(17-6-2-1-3-7-17)19(15)22-10-4-5-11-22/h1-7,10-12,16H,8-9,13-14H2,(H,21,24). The Labute approximate surface area is 151 Å². The first-order chi connectivity index (χ1) is 12.3. The Morgan fingerprint density at radius 2 is 1.92 bits per heavy atom. The van der Waals surface area contributed by atoms with Gasteiger partial charge in [0.15, 0.2) is 0 Å². The quantitative estimate of drug-likeness (QED) is 0.710. The van der Waals surface area contributed by atoms with Crippen molar-refractivity contribution >= 4 is 17.7 Å². The maximum atomic E-state index is 11.9. The Balaban J connectivity index is 1.53. The molecule has 25 heavy (non-hydrogen) atoms. The smallest absolute Gasteiger partial charge is 0.230 e. The summed E-state index contributed by atoms with van der Waals surface area (Å²) >= 11 is 1.63. The molecule has 0 atom stereocenters. The second-order valence-electron chi connectivity index (χ2n) is 6.17. The number of para-hydroxylation sites is 1. The van der Waals surface area contributed by atoms with Crippen LogP contribution in [0.3, 0.4) is 0 Å². The summed E-state index contributed by atoms with van der Waals surface area (Å²) in [5.74, 6) is 2.38. The number of hydrogen-bond donors (Lipinski definition) is 1. The topological polar surface area (TPSA) is 51.9 Å². The van der Waals surface area contributed by atoms with Crippen LogP contribution in [0.2, 0.25) is 0 Å². The number of nitrogens with one attached hydrogen (secondary N) is 1. The second kappa shape index (κ2) is 7.19. The van der Waals surface area contributed by atoms with Gasteiger partial charge in [0, 0.05) is 29.8 Å². The average molecular weight is 352 g/mol. The minimum atomic E-state index is 0.130. The Morgan fingerprint density at radius 1 is 1.16 bits per heavy atom. The van der Waals surface area contributed by atoms with Gasteiger partial charge in [-0.2, -0.15) is 5.10 Å². The molecule has 1 amide bonds. The van der Waals surface area contributed by atoms with E-state index in [1.807, 2.05) is 65.7 Å². The molecule has 0 spiro atoms. The molecule has 1 aromatic carbocycles. The van der Waals surface area contributed by atoms with E-state index in [4.69, 9.17) is 0 Å². The summed E-state index contributed by atoms with van der Waals surface area (Å²) in [6.45, 7) is 0. The molecule has 1 fully saturated rings. The molecule has 5 nitrogen and oxygen atoms in total. The van der Waals surface area contributed by atoms with Crippen LogP contribution in [0, 0.1) is 0 Å². The molecule has 0 bridgehead atoms. The minimum absolute atomic E-state index is 0.130. The van der Waals surface area contributed by atoms with E-state index in [0.717, 1.165) is 35.7 Å². The van der Waals surface area contributed by atoms with Crippen molar-refractivity contribution in [1.82, 2.24) is 19.7 Å². The molecule has 0 saturated heterocycles. The molecule has 2 heterocycles. The monoisotopic (exact) mass is 352 g/mol. The van der Waals surface area contributed by atoms with Gasteiger partial charge in [0.05, 0.1) is 17.6 Å². The highest BCUT2D eigenvalue weighted by molar-refractivity contribution is 7.99. The van der Waals surface area contributed by atoms with Gasteiger partial charge < -0.3 is 9.88 Å². The molecule has 1 N–H and O–H groups in total. The molecule has 0 radical (unpaired) electrons. The van der Waals surface area contributed by atoms with Crippen molar-refractivity contribution in [1.29, 1.82) is 0 Å². The van der Waals surface area contributed by atoms with Crippen molar-refractivity contribution in [2.75, 3.05) is 5.75 Å². The predicted octanol–water partition coefficient (Wildman–Crippen LogP) is 3.17. The predicted molar refractivity (Wildman–Crippen MR) is 100 cm³/mol. The molecular weight excluding hydrogens is 332 g/mol. The molecule has 1 saturated carbocycles. The summed E-state index contributed by atoms with van der Waals surface area (Å²) < 4.78 is 4.01. The van der Waals surface area contributed by atoms with E-state index in [2.05, 4.69) is 15.0 Å². The Hall–Kier alpha value is -2.47. The van der Waals surface area contributed by atoms with Crippen LogP contribution in [0.25, 0.3) is 11.5 Å². The Bertz CT molecular complexity index is 838. The van der Waals surface area contributed by atoms with Crippen LogP contribution in [-0.4, -0.2) is 32.0 Å². The molecule has 0 aliphatic heterocycles. The minimum Gasteiger partial charge on any atom is -0.353 e. The molecule has 4 rings (SSSR count). The number of amides is 1. The average Bonchev–Trinajstić information content (AvgIpc) is 3.12. The zero-order valence-corrected chi connectivity index (χ0v) is 14.7. The Morgan fingerprint density at radius 3 is 2.64 bits per heavy atom. The summed E-state index contributed by atoms with van der Waals surface area (Å²) in [5, 5.41) is 7.61. The summed E-state index contributed by atoms with van der Waals surface area (Å²) in [6.07, 6.45) is 8.18. The molecule has 2 aromatic heterocycles. The van der Waals surface area contributed by atoms with Gasteiger partial charge in [-0.25, -0.2) is 4.68 Å². The molecule has 128 valence electrons. The van der Waals surface area contributed by atoms with Gasteiger partial charge in [0.1, 0.15) is 5.82 Å². The van der Waals surface area contributed by atoms with E-state index in [-0.39, 0.29) is 5.91 Å². The molecule has 6 heteroatoms. The van der Waals surface area contributed by atoms with Crippen LogP contribution in [0.4, 0.5) is 0 Å². The largest absolute Gasteiger partial charge is 0.353 e. The van der Waals surface area contributed by atoms with E-state index in [1.165, 1.54) is 0 Å². The molecule has 1 aliphatic rings. The molecule has 0 unspecified atom stereocenters. The summed E-state index contributed by atoms with van der Waals surface area (Å²) in [7, 11) is 0. The maximum Gasteiger partial charge on any atom is 0.230 e. The van der Waals surface area contributed by atoms with Crippen molar-refractivity contribution in [3.05, 3.63) is 66.6 Å². The lowest BCUT2D eigenvalue weighted by Gasteiger charge is -2.11. The van der Waals surface area contributed by atoms with Gasteiger partial charge in [-0.05, 0) is 37.1 Å². The highest BCUT2D eigenvalue weighted by atomic mass is 32.2. The van der Waals surface area contributed by atoms with Crippen molar-refractivity contribution in [3.8, 4) is 11.5 Å². The lowest BCUT2D eigenvalue weighted by atomic mass is 10.3. The van der Waals surface area contributed by atoms with Gasteiger partial charge in [-0.3, -0.25) is 4.79 Å². The van der Waals surface area contributed by atoms with Crippen molar-refractivity contribution in [3.63, 3.8) is 0 Å². The van der Waals surface area contributed by atoms with Gasteiger partial charge in [-0.15, -0.1) is 11.8 Å². The zero-order chi connectivity index (χ0) is 17.1. The third-order valence-corrected chi connectivity index (χ3v) is 5.08. The van der Waals surface area contributed by atoms with E-state index in [0.29, 0.717) is 11.8 Å². The van der Waals surface area contributed by atoms with Gasteiger partial charge in [-0.1, -0.05) is 18.2 Å². The highest BCUT2D eigenvalue weighted by Gasteiger charge is 2.23. The SMILES string of the molecule is O=C(CSCc1cnn(-c2ccccc2)c1-n1cccc1)NC1CC1. The van der Waals surface area contributed by atoms with Crippen molar-refractivity contribution < 1.29 is 4.79 Å². The van der Waals surface area contributed by atoms with Crippen LogP contribution >= 0.6 is 11.8 Å². The third-order valence-electron chi connectivity index (χ3n) is 4.10. The van der Waals surface area contributed by atoms with Crippen LogP contribution < -0.4 is 5.32 Å². The Kier molecular flexibility index (Phi) is 4.61. The van der Waals surface area contributed by atoms with Crippen LogP contribution in [0.1, 0.15) is 18.4 Å². The number of thioether (sulfide) groups is 1. The van der Waals surface area contributed by atoms with E-state index < -0.39 is 0 Å². The van der Waals surface area contributed by atoms with Gasteiger partial charge >= 0.3 is 0 Å². The van der Waals surface area contributed by atoms with Gasteiger partial charge in [0.25, 0.3) is 0 Å². The van der Waals surface area contributed by atoms with E-state index >= 15 is 0 Å². The fourth-order valence-electron chi connectivity index (χ4n) is 2.74. The van der Waals surface area contributed by atoms with Crippen LogP contribution in [0.15, 0.2) is 61.1 Å². The number of carbonyl (C=O) groups is 1. The first-order valence-corrected chi connectivity index (χ1v) is 9.59. The third kappa shape index (κ3) is 3.79. The lowest BCUT2D eigenvalue weighted by molar-refractivity contribution is -0.118. The first-order valence-electron chi connectivity index (χ1n) is 8.44. The number of hydrogen-bond acceptors (Lipinski definition) is 3. The van der Waals surface area contributed by atoms with Crippen molar-refractivity contribution in [2.45, 2.75) is 24.6 Å². The molecule has 1 aliphatic carbocycles. The number of rotatable bonds is 7. The maximum absolute atomic E-state index is 11.9. The number of carbonyl (C=O) groups excluding carboxylic acids is 1. The fourth-order valence-corrected chi connectivity index (χ4v) is 3.53. The lowest BCUT2D eigenvalue weighted by Crippen LogP contribution is -2.27. The second-order valence-corrected chi connectivity index (χ2v) is 7.15. The normalized spacial score (nSPS) is 13.8. The summed E-state index contributed by atoms with van der Waals surface area (Å²) in [4.78, 5) is 11.9. The number of benzene rings is 1. The fraction of sp³-hybridized carbons (Fsp3) is 0.263. The highest BCUT2D eigenvalue weighted by Crippen LogP contribution is 2.24. The number of nitrogens with zero attached hydrogens (tertiary/aromatic N) is 3. The van der Waals surface area contributed by atoms with Gasteiger partial charge in [0.2, 0.25) is 5.91 Å². The van der Waals surface area contributed by atoms with Crippen molar-refractivity contribution in [2.24, 2.45) is 0 Å². The molecule has 3 aromatic rings. The van der Waals surface area contributed by atoms with E-state index in [1.54, 1.807) is 11.8 Å². The molecular formula is C19H20N4OS. The summed E-state index contributed by atoms with van der Waals surface area (Å²) in [5.41, 5.74) is 2.14. The van der Waals surface area contributed by atoms with Crippen LogP contribution in [-0.2, 0) is 10.5 Å². The van der Waals surface area contributed by atoms with E-state index in [9.17, 15) is 4.79 Å². The number of aromatic nitrogens is 3.